The summed E-state index contributed by atoms with van der Waals surface area (Å²) in [4.78, 5) is 10.7. The number of ether oxygens (including phenoxy) is 1. The molecule has 0 aliphatic rings. The maximum absolute atomic E-state index is 10.9. The molecule has 0 saturated carbocycles. The quantitative estimate of drug-likeness (QED) is 0.661. The summed E-state index contributed by atoms with van der Waals surface area (Å²) in [6.45, 7) is 6.50. The summed E-state index contributed by atoms with van der Waals surface area (Å²) in [6, 6.07) is 4.77. The van der Waals surface area contributed by atoms with E-state index in [-0.39, 0.29) is 10.5 Å². The maximum atomic E-state index is 10.9. The van der Waals surface area contributed by atoms with Crippen LogP contribution in [-0.4, -0.2) is 26.0 Å². The minimum atomic E-state index is -4.20. The van der Waals surface area contributed by atoms with Crippen molar-refractivity contribution in [2.75, 3.05) is 7.11 Å². The van der Waals surface area contributed by atoms with Gasteiger partial charge in [0, 0.05) is 0 Å². The van der Waals surface area contributed by atoms with Gasteiger partial charge in [-0.3, -0.25) is 4.55 Å². The van der Waals surface area contributed by atoms with Gasteiger partial charge in [0.25, 0.3) is 10.1 Å². The molecular formula is C12H18O5S. The molecule has 0 aromatic heterocycles. The third-order valence-corrected chi connectivity index (χ3v) is 2.44. The third-order valence-electron chi connectivity index (χ3n) is 1.57. The minimum absolute atomic E-state index is 0.222. The minimum Gasteiger partial charge on any atom is -0.465 e. The number of carbonyl (C=O) groups is 1. The van der Waals surface area contributed by atoms with E-state index in [1.165, 1.54) is 19.2 Å². The van der Waals surface area contributed by atoms with Crippen molar-refractivity contribution in [2.45, 2.75) is 25.7 Å². The summed E-state index contributed by atoms with van der Waals surface area (Å²) >= 11 is 0. The zero-order valence-electron chi connectivity index (χ0n) is 10.9. The number of hydrogen-bond donors (Lipinski definition) is 1. The molecule has 1 rings (SSSR count). The van der Waals surface area contributed by atoms with E-state index in [4.69, 9.17) is 4.55 Å². The Balaban J connectivity index is 0.000000631. The number of benzene rings is 1. The average molecular weight is 274 g/mol. The van der Waals surface area contributed by atoms with E-state index >= 15 is 0 Å². The first-order valence-electron chi connectivity index (χ1n) is 5.34. The van der Waals surface area contributed by atoms with Crippen molar-refractivity contribution >= 4 is 16.1 Å². The fraction of sp³-hybridized carbons (Fsp3) is 0.417. The molecule has 0 radical (unpaired) electrons. The number of methoxy groups -OCH3 is 1. The summed E-state index contributed by atoms with van der Waals surface area (Å²) in [6.07, 6.45) is 0. The molecule has 0 spiro atoms. The fourth-order valence-electron chi connectivity index (χ4n) is 0.881. The molecule has 18 heavy (non-hydrogen) atoms. The number of carbonyl (C=O) groups excluding carboxylic acids is 1. The van der Waals surface area contributed by atoms with Crippen LogP contribution in [0.5, 0.6) is 0 Å². The summed E-state index contributed by atoms with van der Waals surface area (Å²) in [5.74, 6) is 0.270. The highest BCUT2D eigenvalue weighted by molar-refractivity contribution is 7.85. The Labute approximate surface area is 108 Å². The van der Waals surface area contributed by atoms with Crippen molar-refractivity contribution < 1.29 is 22.5 Å². The van der Waals surface area contributed by atoms with Crippen LogP contribution in [0.15, 0.2) is 29.2 Å². The van der Waals surface area contributed by atoms with Crippen LogP contribution >= 0.6 is 0 Å². The predicted octanol–water partition coefficient (Wildman–Crippen LogP) is 2.38. The Hall–Kier alpha value is -1.40. The Morgan fingerprint density at radius 1 is 1.17 bits per heavy atom. The van der Waals surface area contributed by atoms with Gasteiger partial charge in [-0.1, -0.05) is 20.8 Å². The lowest BCUT2D eigenvalue weighted by atomic mass is 10.2. The molecule has 1 aromatic carbocycles. The van der Waals surface area contributed by atoms with Crippen LogP contribution < -0.4 is 0 Å². The average Bonchev–Trinajstić information content (AvgIpc) is 2.26. The first kappa shape index (κ1) is 16.6. The molecule has 5 nitrogen and oxygen atoms in total. The second-order valence-electron chi connectivity index (χ2n) is 4.22. The molecule has 102 valence electrons. The van der Waals surface area contributed by atoms with Gasteiger partial charge in [0.1, 0.15) is 0 Å². The molecule has 0 bridgehead atoms. The van der Waals surface area contributed by atoms with E-state index in [1.807, 2.05) is 0 Å². The van der Waals surface area contributed by atoms with Gasteiger partial charge in [-0.05, 0) is 30.2 Å². The van der Waals surface area contributed by atoms with Crippen LogP contribution in [0, 0.1) is 5.92 Å². The zero-order valence-corrected chi connectivity index (χ0v) is 11.7. The Morgan fingerprint density at radius 3 is 1.83 bits per heavy atom. The lowest BCUT2D eigenvalue weighted by Gasteiger charge is -1.99. The first-order chi connectivity index (χ1) is 8.18. The predicted molar refractivity (Wildman–Crippen MR) is 68.1 cm³/mol. The number of esters is 1. The van der Waals surface area contributed by atoms with Gasteiger partial charge in [-0.15, -0.1) is 0 Å². The topological polar surface area (TPSA) is 80.7 Å². The van der Waals surface area contributed by atoms with E-state index in [0.717, 1.165) is 18.1 Å². The van der Waals surface area contributed by atoms with Crippen molar-refractivity contribution in [3.63, 3.8) is 0 Å². The van der Waals surface area contributed by atoms with Crippen molar-refractivity contribution in [3.8, 4) is 0 Å². The Kier molecular flexibility index (Phi) is 6.57. The van der Waals surface area contributed by atoms with Crippen LogP contribution in [0.25, 0.3) is 0 Å². The summed E-state index contributed by atoms with van der Waals surface area (Å²) in [5.41, 5.74) is 0.222. The summed E-state index contributed by atoms with van der Waals surface area (Å²) < 4.78 is 34.3. The lowest BCUT2D eigenvalue weighted by Crippen LogP contribution is -2.02. The monoisotopic (exact) mass is 274 g/mol. The fourth-order valence-corrected chi connectivity index (χ4v) is 1.36. The van der Waals surface area contributed by atoms with E-state index in [9.17, 15) is 13.2 Å². The smallest absolute Gasteiger partial charge is 0.337 e. The Bertz CT molecular complexity index is 471. The van der Waals surface area contributed by atoms with Crippen molar-refractivity contribution in [1.82, 2.24) is 0 Å². The van der Waals surface area contributed by atoms with E-state index in [0.29, 0.717) is 0 Å². The molecule has 1 aromatic rings. The van der Waals surface area contributed by atoms with Gasteiger partial charge >= 0.3 is 5.97 Å². The molecule has 1 N–H and O–H groups in total. The normalized spacial score (nSPS) is 10.6. The molecule has 0 amide bonds. The summed E-state index contributed by atoms with van der Waals surface area (Å²) in [5, 5.41) is 0. The first-order valence-corrected chi connectivity index (χ1v) is 6.78. The number of rotatable bonds is 2. The van der Waals surface area contributed by atoms with Crippen LogP contribution in [0.2, 0.25) is 0 Å². The second-order valence-corrected chi connectivity index (χ2v) is 5.64. The molecular weight excluding hydrogens is 256 g/mol. The van der Waals surface area contributed by atoms with Crippen molar-refractivity contribution in [1.29, 1.82) is 0 Å². The van der Waals surface area contributed by atoms with Gasteiger partial charge in [0.2, 0.25) is 0 Å². The molecule has 0 fully saturated rings. The van der Waals surface area contributed by atoms with Gasteiger partial charge in [0.05, 0.1) is 17.6 Å². The van der Waals surface area contributed by atoms with Gasteiger partial charge in [-0.25, -0.2) is 4.79 Å². The standard InChI is InChI=1S/C8H8O5S.C4H10/c1-13-8(9)6-2-4-7(5-3-6)14(10,11)12;1-4(2)3/h2-5H,1H3,(H,10,11,12);4H,1-3H3. The van der Waals surface area contributed by atoms with Gasteiger partial charge in [0.15, 0.2) is 0 Å². The zero-order chi connectivity index (χ0) is 14.3. The maximum Gasteiger partial charge on any atom is 0.337 e. The molecule has 6 heteroatoms. The second kappa shape index (κ2) is 7.13. The molecule has 0 unspecified atom stereocenters. The highest BCUT2D eigenvalue weighted by Gasteiger charge is 2.10. The molecule has 0 aliphatic carbocycles. The van der Waals surface area contributed by atoms with Crippen LogP contribution in [-0.2, 0) is 14.9 Å². The van der Waals surface area contributed by atoms with Gasteiger partial charge in [-0.2, -0.15) is 8.42 Å². The van der Waals surface area contributed by atoms with Crippen LogP contribution in [0.3, 0.4) is 0 Å². The molecule has 0 heterocycles. The van der Waals surface area contributed by atoms with Crippen molar-refractivity contribution in [2.24, 2.45) is 5.92 Å². The molecule has 0 saturated heterocycles. The summed E-state index contributed by atoms with van der Waals surface area (Å²) in [7, 11) is -2.98. The van der Waals surface area contributed by atoms with E-state index < -0.39 is 16.1 Å². The molecule has 0 atom stereocenters. The Morgan fingerprint density at radius 2 is 1.56 bits per heavy atom. The van der Waals surface area contributed by atoms with E-state index in [1.54, 1.807) is 0 Å². The van der Waals surface area contributed by atoms with E-state index in [2.05, 4.69) is 25.5 Å². The molecule has 0 aliphatic heterocycles. The largest absolute Gasteiger partial charge is 0.465 e. The van der Waals surface area contributed by atoms with Crippen LogP contribution in [0.1, 0.15) is 31.1 Å². The third kappa shape index (κ3) is 6.36. The lowest BCUT2D eigenvalue weighted by molar-refractivity contribution is 0.0600. The highest BCUT2D eigenvalue weighted by Crippen LogP contribution is 2.10. The van der Waals surface area contributed by atoms with Gasteiger partial charge < -0.3 is 4.74 Å². The van der Waals surface area contributed by atoms with Crippen LogP contribution in [0.4, 0.5) is 0 Å². The number of hydrogen-bond acceptors (Lipinski definition) is 4. The SMILES string of the molecule is CC(C)C.COC(=O)c1ccc(S(=O)(=O)O)cc1. The van der Waals surface area contributed by atoms with Crippen molar-refractivity contribution in [3.05, 3.63) is 29.8 Å². The highest BCUT2D eigenvalue weighted by atomic mass is 32.2.